The Balaban J connectivity index is 1.73. The van der Waals surface area contributed by atoms with Crippen LogP contribution in [0.5, 0.6) is 0 Å². The van der Waals surface area contributed by atoms with Gasteiger partial charge in [0, 0.05) is 17.9 Å². The predicted molar refractivity (Wildman–Crippen MR) is 91.2 cm³/mol. The van der Waals surface area contributed by atoms with Crippen LogP contribution in [-0.4, -0.2) is 29.0 Å². The van der Waals surface area contributed by atoms with Crippen molar-refractivity contribution in [3.63, 3.8) is 0 Å². The number of aromatic nitrogens is 1. The van der Waals surface area contributed by atoms with E-state index >= 15 is 0 Å². The molecule has 1 amide bonds. The minimum Gasteiger partial charge on any atom is -0.449 e. The molecule has 124 valence electrons. The number of pyridine rings is 1. The zero-order chi connectivity index (χ0) is 17.3. The zero-order valence-corrected chi connectivity index (χ0v) is 14.2. The average molecular weight is 345 g/mol. The van der Waals surface area contributed by atoms with Crippen LogP contribution >= 0.6 is 11.6 Å². The Kier molecular flexibility index (Phi) is 4.53. The Morgan fingerprint density at radius 3 is 2.75 bits per heavy atom. The second kappa shape index (κ2) is 6.61. The highest BCUT2D eigenvalue weighted by Crippen LogP contribution is 2.32. The van der Waals surface area contributed by atoms with Gasteiger partial charge in [-0.1, -0.05) is 29.8 Å². The fourth-order valence-corrected chi connectivity index (χ4v) is 2.98. The molecule has 1 aromatic heterocycles. The van der Waals surface area contributed by atoms with Crippen molar-refractivity contribution in [2.24, 2.45) is 0 Å². The van der Waals surface area contributed by atoms with Crippen LogP contribution in [0.1, 0.15) is 29.8 Å². The average Bonchev–Trinajstić information content (AvgIpc) is 2.90. The number of nitrogens with zero attached hydrogens (tertiary/aromatic N) is 2. The number of carbonyl (C=O) groups is 2. The molecule has 0 radical (unpaired) electrons. The van der Waals surface area contributed by atoms with Crippen molar-refractivity contribution in [2.45, 2.75) is 32.4 Å². The number of para-hydroxylation sites is 1. The SMILES string of the molecule is C[C@@H](OC(=O)c1ccc(Cl)nc1)C(=O)N1c2ccccc2C[C@@H]1C. The Labute approximate surface area is 145 Å². The first-order chi connectivity index (χ1) is 11.5. The Bertz CT molecular complexity index is 776. The number of hydrogen-bond acceptors (Lipinski definition) is 4. The molecule has 1 aliphatic heterocycles. The number of esters is 1. The fraction of sp³-hybridized carbons (Fsp3) is 0.278. The van der Waals surface area contributed by atoms with Gasteiger partial charge in [0.25, 0.3) is 5.91 Å². The van der Waals surface area contributed by atoms with Gasteiger partial charge in [-0.3, -0.25) is 4.79 Å². The molecule has 0 fully saturated rings. The van der Waals surface area contributed by atoms with Crippen LogP contribution in [0.2, 0.25) is 5.15 Å². The highest BCUT2D eigenvalue weighted by molar-refractivity contribution is 6.29. The van der Waals surface area contributed by atoms with E-state index in [2.05, 4.69) is 4.98 Å². The number of fused-ring (bicyclic) bond motifs is 1. The first-order valence-electron chi connectivity index (χ1n) is 7.71. The van der Waals surface area contributed by atoms with E-state index in [4.69, 9.17) is 16.3 Å². The maximum Gasteiger partial charge on any atom is 0.340 e. The van der Waals surface area contributed by atoms with E-state index in [1.54, 1.807) is 11.8 Å². The van der Waals surface area contributed by atoms with Crippen LogP contribution in [-0.2, 0) is 16.0 Å². The van der Waals surface area contributed by atoms with Crippen LogP contribution in [0.15, 0.2) is 42.6 Å². The number of halogens is 1. The molecule has 5 nitrogen and oxygen atoms in total. The highest BCUT2D eigenvalue weighted by atomic mass is 35.5. The number of benzene rings is 1. The largest absolute Gasteiger partial charge is 0.449 e. The van der Waals surface area contributed by atoms with Gasteiger partial charge < -0.3 is 9.64 Å². The normalized spacial score (nSPS) is 17.3. The lowest BCUT2D eigenvalue weighted by Gasteiger charge is -2.25. The Hall–Kier alpha value is -2.40. The van der Waals surface area contributed by atoms with Crippen LogP contribution in [0, 0.1) is 0 Å². The first kappa shape index (κ1) is 16.5. The van der Waals surface area contributed by atoms with Gasteiger partial charge in [-0.15, -0.1) is 0 Å². The molecule has 2 aromatic rings. The topological polar surface area (TPSA) is 59.5 Å². The maximum absolute atomic E-state index is 12.8. The number of rotatable bonds is 3. The zero-order valence-electron chi connectivity index (χ0n) is 13.4. The van der Waals surface area contributed by atoms with Gasteiger partial charge in [0.2, 0.25) is 0 Å². The maximum atomic E-state index is 12.8. The monoisotopic (exact) mass is 344 g/mol. The van der Waals surface area contributed by atoms with Gasteiger partial charge >= 0.3 is 5.97 Å². The predicted octanol–water partition coefficient (Wildman–Crippen LogP) is 3.26. The van der Waals surface area contributed by atoms with E-state index < -0.39 is 12.1 Å². The van der Waals surface area contributed by atoms with Crippen molar-refractivity contribution in [3.05, 3.63) is 58.9 Å². The number of amides is 1. The van der Waals surface area contributed by atoms with Crippen molar-refractivity contribution in [1.29, 1.82) is 0 Å². The van der Waals surface area contributed by atoms with Crippen LogP contribution < -0.4 is 4.90 Å². The summed E-state index contributed by atoms with van der Waals surface area (Å²) in [5, 5.41) is 0.290. The molecule has 24 heavy (non-hydrogen) atoms. The lowest BCUT2D eigenvalue weighted by Crippen LogP contribution is -2.43. The highest BCUT2D eigenvalue weighted by Gasteiger charge is 2.34. The summed E-state index contributed by atoms with van der Waals surface area (Å²) in [6.45, 7) is 3.56. The van der Waals surface area contributed by atoms with E-state index in [1.807, 2.05) is 31.2 Å². The van der Waals surface area contributed by atoms with Crippen molar-refractivity contribution >= 4 is 29.2 Å². The second-order valence-corrected chi connectivity index (χ2v) is 6.19. The second-order valence-electron chi connectivity index (χ2n) is 5.81. The molecule has 0 aliphatic carbocycles. The van der Waals surface area contributed by atoms with Crippen molar-refractivity contribution in [2.75, 3.05) is 4.90 Å². The van der Waals surface area contributed by atoms with Gasteiger partial charge in [0.15, 0.2) is 6.10 Å². The summed E-state index contributed by atoms with van der Waals surface area (Å²) in [5.74, 6) is -0.831. The van der Waals surface area contributed by atoms with E-state index in [0.29, 0.717) is 0 Å². The summed E-state index contributed by atoms with van der Waals surface area (Å²) in [6.07, 6.45) is 1.24. The number of hydrogen-bond donors (Lipinski definition) is 0. The van der Waals surface area contributed by atoms with Crippen LogP contribution in [0.25, 0.3) is 0 Å². The minimum absolute atomic E-state index is 0.0354. The summed E-state index contributed by atoms with van der Waals surface area (Å²) < 4.78 is 5.30. The molecule has 1 aliphatic rings. The molecule has 0 unspecified atom stereocenters. The Morgan fingerprint density at radius 1 is 1.29 bits per heavy atom. The molecular weight excluding hydrogens is 328 g/mol. The standard InChI is InChI=1S/C18H17ClN2O3/c1-11-9-13-5-3-4-6-15(13)21(11)17(22)12(2)24-18(23)14-7-8-16(19)20-10-14/h3-8,10-12H,9H2,1-2H3/t11-,12+/m0/s1. The molecule has 3 rings (SSSR count). The first-order valence-corrected chi connectivity index (χ1v) is 8.08. The summed E-state index contributed by atoms with van der Waals surface area (Å²) in [4.78, 5) is 30.4. The van der Waals surface area contributed by atoms with Gasteiger partial charge in [-0.25, -0.2) is 9.78 Å². The van der Waals surface area contributed by atoms with E-state index in [-0.39, 0.29) is 22.7 Å². The van der Waals surface area contributed by atoms with Gasteiger partial charge in [-0.2, -0.15) is 0 Å². The summed E-state index contributed by atoms with van der Waals surface area (Å²) in [6, 6.07) is 10.8. The van der Waals surface area contributed by atoms with Gasteiger partial charge in [0.05, 0.1) is 5.56 Å². The van der Waals surface area contributed by atoms with Crippen molar-refractivity contribution in [3.8, 4) is 0 Å². The van der Waals surface area contributed by atoms with Crippen molar-refractivity contribution in [1.82, 2.24) is 4.98 Å². The van der Waals surface area contributed by atoms with E-state index in [9.17, 15) is 9.59 Å². The minimum atomic E-state index is -0.887. The summed E-state index contributed by atoms with van der Waals surface area (Å²) in [7, 11) is 0. The molecule has 0 spiro atoms. The van der Waals surface area contributed by atoms with Gasteiger partial charge in [-0.05, 0) is 44.0 Å². The third-order valence-corrected chi connectivity index (χ3v) is 4.26. The Morgan fingerprint density at radius 2 is 2.04 bits per heavy atom. The van der Waals surface area contributed by atoms with Crippen LogP contribution in [0.4, 0.5) is 5.69 Å². The smallest absolute Gasteiger partial charge is 0.340 e. The lowest BCUT2D eigenvalue weighted by molar-refractivity contribution is -0.126. The molecule has 2 heterocycles. The van der Waals surface area contributed by atoms with Gasteiger partial charge in [0.1, 0.15) is 5.15 Å². The van der Waals surface area contributed by atoms with Crippen LogP contribution in [0.3, 0.4) is 0 Å². The fourth-order valence-electron chi connectivity index (χ4n) is 2.87. The third kappa shape index (κ3) is 3.12. The molecular formula is C18H17ClN2O3. The summed E-state index contributed by atoms with van der Waals surface area (Å²) in [5.41, 5.74) is 2.26. The quantitative estimate of drug-likeness (QED) is 0.633. The van der Waals surface area contributed by atoms with E-state index in [0.717, 1.165) is 17.7 Å². The molecule has 0 bridgehead atoms. The summed E-state index contributed by atoms with van der Waals surface area (Å²) >= 11 is 5.70. The molecule has 0 saturated heterocycles. The number of anilines is 1. The molecule has 0 saturated carbocycles. The third-order valence-electron chi connectivity index (χ3n) is 4.04. The lowest BCUT2D eigenvalue weighted by atomic mass is 10.1. The number of carbonyl (C=O) groups excluding carboxylic acids is 2. The molecule has 2 atom stereocenters. The molecule has 0 N–H and O–H groups in total. The van der Waals surface area contributed by atoms with Crippen molar-refractivity contribution < 1.29 is 14.3 Å². The van der Waals surface area contributed by atoms with E-state index in [1.165, 1.54) is 18.3 Å². The molecule has 1 aromatic carbocycles. The molecule has 6 heteroatoms. The number of ether oxygens (including phenoxy) is 1.